The lowest BCUT2D eigenvalue weighted by Crippen LogP contribution is -1.99. The fourth-order valence-corrected chi connectivity index (χ4v) is 2.21. The van der Waals surface area contributed by atoms with Crippen LogP contribution in [0, 0.1) is 0 Å². The summed E-state index contributed by atoms with van der Waals surface area (Å²) in [4.78, 5) is 11.4. The number of methoxy groups -OCH3 is 1. The van der Waals surface area contributed by atoms with Gasteiger partial charge in [-0.05, 0) is 24.3 Å². The number of fused-ring (bicyclic) bond motifs is 1. The van der Waals surface area contributed by atoms with E-state index in [1.54, 1.807) is 0 Å². The van der Waals surface area contributed by atoms with Crippen LogP contribution in [0.3, 0.4) is 0 Å². The quantitative estimate of drug-likeness (QED) is 0.665. The molecule has 1 aromatic rings. The molecular weight excluding hydrogens is 324 g/mol. The Bertz CT molecular complexity index is 886. The third kappa shape index (κ3) is 2.89. The molecule has 0 unspecified atom stereocenters. The van der Waals surface area contributed by atoms with Crippen molar-refractivity contribution in [1.29, 1.82) is 0 Å². The van der Waals surface area contributed by atoms with Crippen molar-refractivity contribution in [3.63, 3.8) is 0 Å². The van der Waals surface area contributed by atoms with E-state index in [4.69, 9.17) is 9.15 Å². The van der Waals surface area contributed by atoms with Crippen LogP contribution >= 0.6 is 12.4 Å². The molecule has 3 rings (SSSR count). The molecule has 7 heteroatoms. The lowest BCUT2D eigenvalue weighted by molar-refractivity contribution is 0.373. The van der Waals surface area contributed by atoms with Gasteiger partial charge in [0.1, 0.15) is 11.5 Å². The molecule has 0 saturated heterocycles. The maximum Gasteiger partial charge on any atom is 0.186 e. The van der Waals surface area contributed by atoms with Crippen molar-refractivity contribution < 1.29 is 24.5 Å². The number of ether oxygens (including phenoxy) is 1. The first-order chi connectivity index (χ1) is 10.5. The third-order valence-electron chi connectivity index (χ3n) is 3.26. The van der Waals surface area contributed by atoms with Gasteiger partial charge >= 0.3 is 0 Å². The molecular formula is C16H13ClO6. The summed E-state index contributed by atoms with van der Waals surface area (Å²) >= 11 is 0. The number of halogens is 1. The molecule has 0 atom stereocenters. The fraction of sp³-hybridized carbons (Fsp3) is 0.0625. The number of aromatic hydroxyl groups is 3. The zero-order valence-electron chi connectivity index (χ0n) is 11.9. The number of hydrogen-bond acceptors (Lipinski definition) is 6. The van der Waals surface area contributed by atoms with Crippen LogP contribution in [0.15, 0.2) is 45.6 Å². The number of hydrogen-bond donors (Lipinski definition) is 3. The molecule has 0 aromatic heterocycles. The van der Waals surface area contributed by atoms with Gasteiger partial charge in [0.15, 0.2) is 28.4 Å². The summed E-state index contributed by atoms with van der Waals surface area (Å²) in [6, 6.07) is 7.98. The van der Waals surface area contributed by atoms with Gasteiger partial charge in [0.2, 0.25) is 0 Å². The van der Waals surface area contributed by atoms with E-state index in [1.807, 2.05) is 0 Å². The van der Waals surface area contributed by atoms with Crippen molar-refractivity contribution in [2.45, 2.75) is 0 Å². The highest BCUT2D eigenvalue weighted by Crippen LogP contribution is 2.41. The van der Waals surface area contributed by atoms with Gasteiger partial charge in [-0.25, -0.2) is 0 Å². The Morgan fingerprint density at radius 2 is 1.70 bits per heavy atom. The highest BCUT2D eigenvalue weighted by atomic mass is 35.5. The molecule has 1 heterocycles. The van der Waals surface area contributed by atoms with E-state index >= 15 is 0 Å². The minimum atomic E-state index is -0.409. The SMILES string of the molecule is COc1cc(-c2oc3cc(=O)cc(O)c-3cc2O)ccc1O.Cl. The Labute approximate surface area is 137 Å². The summed E-state index contributed by atoms with van der Waals surface area (Å²) in [5.41, 5.74) is 0.269. The summed E-state index contributed by atoms with van der Waals surface area (Å²) in [7, 11) is 1.40. The van der Waals surface area contributed by atoms with Crippen LogP contribution in [0.4, 0.5) is 0 Å². The standard InChI is InChI=1S/C16H12O6.ClH/c1-21-15-4-8(2-3-11(15)18)16-13(20)7-10-12(19)5-9(17)6-14(10)22-16;/h2-7,18-20H,1H3;1H. The number of phenols is 2. The molecule has 2 aliphatic rings. The summed E-state index contributed by atoms with van der Waals surface area (Å²) < 4.78 is 10.5. The van der Waals surface area contributed by atoms with Crippen LogP contribution in [0.2, 0.25) is 0 Å². The molecule has 1 aliphatic heterocycles. The van der Waals surface area contributed by atoms with Crippen LogP contribution in [-0.2, 0) is 0 Å². The van der Waals surface area contributed by atoms with Crippen LogP contribution in [0.1, 0.15) is 0 Å². The molecule has 0 spiro atoms. The largest absolute Gasteiger partial charge is 0.507 e. The van der Waals surface area contributed by atoms with Gasteiger partial charge in [-0.15, -0.1) is 12.4 Å². The van der Waals surface area contributed by atoms with Gasteiger partial charge in [0, 0.05) is 17.7 Å². The lowest BCUT2D eigenvalue weighted by Gasteiger charge is -2.12. The second kappa shape index (κ2) is 6.10. The van der Waals surface area contributed by atoms with Gasteiger partial charge in [0.25, 0.3) is 0 Å². The second-order valence-electron chi connectivity index (χ2n) is 4.70. The first-order valence-corrected chi connectivity index (χ1v) is 6.37. The zero-order chi connectivity index (χ0) is 15.9. The molecule has 6 nitrogen and oxygen atoms in total. The summed E-state index contributed by atoms with van der Waals surface area (Å²) in [6.07, 6.45) is 0. The maximum absolute atomic E-state index is 11.4. The average molecular weight is 337 g/mol. The van der Waals surface area contributed by atoms with Crippen LogP contribution in [-0.4, -0.2) is 22.4 Å². The van der Waals surface area contributed by atoms with E-state index < -0.39 is 5.43 Å². The Hall–Kier alpha value is -2.86. The first-order valence-electron chi connectivity index (χ1n) is 6.37. The van der Waals surface area contributed by atoms with E-state index in [0.29, 0.717) is 5.56 Å². The molecule has 1 aliphatic carbocycles. The van der Waals surface area contributed by atoms with Crippen molar-refractivity contribution in [3.8, 4) is 45.6 Å². The molecule has 0 fully saturated rings. The van der Waals surface area contributed by atoms with Gasteiger partial charge in [-0.2, -0.15) is 0 Å². The third-order valence-corrected chi connectivity index (χ3v) is 3.26. The molecule has 1 aromatic carbocycles. The molecule has 0 bridgehead atoms. The zero-order valence-corrected chi connectivity index (χ0v) is 12.8. The van der Waals surface area contributed by atoms with Gasteiger partial charge in [0.05, 0.1) is 12.7 Å². The predicted molar refractivity (Wildman–Crippen MR) is 85.8 cm³/mol. The Kier molecular flexibility index (Phi) is 4.38. The minimum Gasteiger partial charge on any atom is -0.507 e. The van der Waals surface area contributed by atoms with Crippen molar-refractivity contribution >= 4 is 12.4 Å². The molecule has 0 amide bonds. The van der Waals surface area contributed by atoms with Crippen molar-refractivity contribution in [3.05, 3.63) is 46.6 Å². The van der Waals surface area contributed by atoms with Gasteiger partial charge in [-0.1, -0.05) is 0 Å². The summed E-state index contributed by atoms with van der Waals surface area (Å²) in [5, 5.41) is 29.4. The Morgan fingerprint density at radius 3 is 2.39 bits per heavy atom. The monoisotopic (exact) mass is 336 g/mol. The normalized spacial score (nSPS) is 10.3. The van der Waals surface area contributed by atoms with Crippen LogP contribution < -0.4 is 10.2 Å². The van der Waals surface area contributed by atoms with E-state index in [0.717, 1.165) is 6.07 Å². The molecule has 120 valence electrons. The average Bonchev–Trinajstić information content (AvgIpc) is 2.48. The van der Waals surface area contributed by atoms with Gasteiger partial charge in [-0.3, -0.25) is 4.79 Å². The Balaban J connectivity index is 0.00000192. The maximum atomic E-state index is 11.4. The summed E-state index contributed by atoms with van der Waals surface area (Å²) in [6.45, 7) is 0. The van der Waals surface area contributed by atoms with E-state index in [1.165, 1.54) is 37.4 Å². The van der Waals surface area contributed by atoms with Crippen molar-refractivity contribution in [1.82, 2.24) is 0 Å². The van der Waals surface area contributed by atoms with E-state index in [9.17, 15) is 20.1 Å². The molecule has 23 heavy (non-hydrogen) atoms. The summed E-state index contributed by atoms with van der Waals surface area (Å²) in [5.74, 6) is -0.0788. The minimum absolute atomic E-state index is 0. The number of phenolic OH excluding ortho intramolecular Hbond substituents is 2. The fourth-order valence-electron chi connectivity index (χ4n) is 2.21. The van der Waals surface area contributed by atoms with Crippen molar-refractivity contribution in [2.24, 2.45) is 0 Å². The number of benzene rings is 2. The number of rotatable bonds is 2. The van der Waals surface area contributed by atoms with Crippen LogP contribution in [0.5, 0.6) is 23.0 Å². The highest BCUT2D eigenvalue weighted by molar-refractivity contribution is 5.85. The highest BCUT2D eigenvalue weighted by Gasteiger charge is 2.18. The van der Waals surface area contributed by atoms with E-state index in [-0.39, 0.29) is 52.5 Å². The molecule has 0 saturated carbocycles. The lowest BCUT2D eigenvalue weighted by atomic mass is 10.1. The predicted octanol–water partition coefficient (Wildman–Crippen LogP) is 2.96. The molecule has 3 N–H and O–H groups in total. The van der Waals surface area contributed by atoms with Crippen LogP contribution in [0.25, 0.3) is 22.6 Å². The first kappa shape index (κ1) is 16.5. The smallest absolute Gasteiger partial charge is 0.186 e. The second-order valence-corrected chi connectivity index (χ2v) is 4.70. The van der Waals surface area contributed by atoms with E-state index in [2.05, 4.69) is 0 Å². The Morgan fingerprint density at radius 1 is 0.957 bits per heavy atom. The van der Waals surface area contributed by atoms with Gasteiger partial charge < -0.3 is 24.5 Å². The van der Waals surface area contributed by atoms with Crippen molar-refractivity contribution in [2.75, 3.05) is 7.11 Å². The topological polar surface area (TPSA) is 100 Å². The molecule has 0 radical (unpaired) electrons.